The largest absolute Gasteiger partial charge is 2.00 e. The quantitative estimate of drug-likeness (QED) is 0.180. The number of hydrogen-bond acceptors (Lipinski definition) is 4. The second-order valence-electron chi connectivity index (χ2n) is 10.1. The molecule has 8 rings (SSSR count). The summed E-state index contributed by atoms with van der Waals surface area (Å²) < 4.78 is 0. The van der Waals surface area contributed by atoms with E-state index in [1.54, 1.807) is 6.20 Å². The van der Waals surface area contributed by atoms with E-state index in [0.29, 0.717) is 23.0 Å². The summed E-state index contributed by atoms with van der Waals surface area (Å²) in [5.74, 6) is 2.79. The molecule has 2 atom stereocenters. The maximum Gasteiger partial charge on any atom is 2.00 e. The zero-order chi connectivity index (χ0) is 28.1. The first-order valence-corrected chi connectivity index (χ1v) is 13.9. The molecule has 0 bridgehead atoms. The minimum absolute atomic E-state index is 0. The van der Waals surface area contributed by atoms with Crippen molar-refractivity contribution in [3.8, 4) is 0 Å². The molecule has 2 aliphatic rings. The molecule has 0 saturated heterocycles. The molecule has 43 heavy (non-hydrogen) atoms. The van der Waals surface area contributed by atoms with Crippen LogP contribution in [0.15, 0.2) is 156 Å². The Morgan fingerprint density at radius 2 is 1.21 bits per heavy atom. The topological polar surface area (TPSA) is 78.7 Å². The predicted molar refractivity (Wildman–Crippen MR) is 171 cm³/mol. The molecule has 3 aromatic heterocycles. The summed E-state index contributed by atoms with van der Waals surface area (Å²) in [6.07, 6.45) is 17.9. The summed E-state index contributed by atoms with van der Waals surface area (Å²) in [6, 6.07) is 30.4. The van der Waals surface area contributed by atoms with E-state index < -0.39 is 0 Å². The van der Waals surface area contributed by atoms with Crippen LogP contribution in [0.1, 0.15) is 0 Å². The van der Waals surface area contributed by atoms with Gasteiger partial charge in [0, 0.05) is 35.0 Å². The maximum atomic E-state index is 4.66. The second kappa shape index (κ2) is 12.9. The van der Waals surface area contributed by atoms with Gasteiger partial charge in [-0.25, -0.2) is 0 Å². The van der Waals surface area contributed by atoms with Crippen molar-refractivity contribution in [2.45, 2.75) is 0 Å². The first-order chi connectivity index (χ1) is 20.8. The normalized spacial score (nSPS) is 18.1. The Hall–Kier alpha value is -4.93. The number of hydrogen-bond donors (Lipinski definition) is 0. The third-order valence-corrected chi connectivity index (χ3v) is 7.33. The van der Waals surface area contributed by atoms with Crippen molar-refractivity contribution in [3.63, 3.8) is 0 Å². The molecule has 6 aromatic rings. The van der Waals surface area contributed by atoms with Crippen molar-refractivity contribution in [3.05, 3.63) is 157 Å². The van der Waals surface area contributed by atoms with Crippen molar-refractivity contribution in [1.82, 2.24) is 15.0 Å². The first kappa shape index (κ1) is 28.2. The van der Waals surface area contributed by atoms with Crippen molar-refractivity contribution in [2.75, 3.05) is 0 Å². The number of benzene rings is 3. The van der Waals surface area contributed by atoms with Gasteiger partial charge in [-0.2, -0.15) is 0 Å². The van der Waals surface area contributed by atoms with Gasteiger partial charge in [0.15, 0.2) is 0 Å². The van der Waals surface area contributed by atoms with E-state index in [0.717, 1.165) is 38.2 Å². The molecular formula is C36H26N6Pt. The van der Waals surface area contributed by atoms with Crippen LogP contribution in [-0.4, -0.2) is 15.8 Å². The number of pyridine rings is 3. The Balaban J connectivity index is 0.000000150. The summed E-state index contributed by atoms with van der Waals surface area (Å²) in [5.41, 5.74) is 0.705. The Labute approximate surface area is 263 Å². The standard InChI is InChI=1S/C18H14N3.C18H12N3.Pt/c2*1-2-7-15-12-20-17(11-14(15)6-1)21-18-16-8-4-3-5-13(16)9-10-19-18;/h1-13,16H;1-12H;/q2*-1;+2. The average Bonchev–Trinajstić information content (AvgIpc) is 3.05. The SMILES string of the molecule is C1=CC2C=C[N-]C(=Nc3cc4ccccc4cn3)C2C=C1.[Pt+2].c1ccc2cc(N=c3[n-]ccc4ccccc34)ncc2c1. The number of allylic oxidation sites excluding steroid dienone is 4. The zero-order valence-corrected chi connectivity index (χ0v) is 25.3. The molecule has 3 aromatic carbocycles. The van der Waals surface area contributed by atoms with Gasteiger partial charge in [-0.05, 0) is 39.2 Å². The molecule has 210 valence electrons. The van der Waals surface area contributed by atoms with Crippen LogP contribution in [0.3, 0.4) is 0 Å². The maximum absolute atomic E-state index is 4.66. The van der Waals surface area contributed by atoms with Crippen LogP contribution in [0.2, 0.25) is 0 Å². The average molecular weight is 738 g/mol. The number of aromatic nitrogens is 3. The van der Waals surface area contributed by atoms with Gasteiger partial charge in [0.1, 0.15) is 0 Å². The van der Waals surface area contributed by atoms with Crippen molar-refractivity contribution >= 4 is 49.8 Å². The molecule has 0 saturated carbocycles. The molecule has 0 fully saturated rings. The number of aliphatic imine (C=N–C) groups is 1. The van der Waals surface area contributed by atoms with Crippen LogP contribution in [-0.2, 0) is 21.1 Å². The predicted octanol–water partition coefficient (Wildman–Crippen LogP) is 8.10. The zero-order valence-electron chi connectivity index (χ0n) is 23.0. The van der Waals surface area contributed by atoms with Crippen LogP contribution in [0.25, 0.3) is 37.6 Å². The molecule has 0 N–H and O–H groups in total. The van der Waals surface area contributed by atoms with Gasteiger partial charge in [-0.1, -0.05) is 127 Å². The van der Waals surface area contributed by atoms with Crippen molar-refractivity contribution < 1.29 is 21.1 Å². The number of nitrogens with zero attached hydrogens (tertiary/aromatic N) is 6. The summed E-state index contributed by atoms with van der Waals surface area (Å²) in [7, 11) is 0. The Morgan fingerprint density at radius 3 is 1.93 bits per heavy atom. The molecule has 0 spiro atoms. The molecule has 0 radical (unpaired) electrons. The minimum atomic E-state index is 0. The molecular weight excluding hydrogens is 712 g/mol. The monoisotopic (exact) mass is 737 g/mol. The molecule has 7 heteroatoms. The molecule has 0 amide bonds. The molecule has 6 nitrogen and oxygen atoms in total. The van der Waals surface area contributed by atoms with E-state index in [2.05, 4.69) is 84.9 Å². The third kappa shape index (κ3) is 6.30. The van der Waals surface area contributed by atoms with E-state index in [1.807, 2.05) is 85.3 Å². The van der Waals surface area contributed by atoms with Crippen molar-refractivity contribution in [2.24, 2.45) is 21.8 Å². The fourth-order valence-electron chi connectivity index (χ4n) is 5.16. The third-order valence-electron chi connectivity index (χ3n) is 7.33. The minimum Gasteiger partial charge on any atom is -0.446 e. The molecule has 4 heterocycles. The van der Waals surface area contributed by atoms with Gasteiger partial charge in [0.2, 0.25) is 0 Å². The number of fused-ring (bicyclic) bond motifs is 4. The van der Waals surface area contributed by atoms with E-state index in [-0.39, 0.29) is 27.0 Å². The van der Waals surface area contributed by atoms with Gasteiger partial charge in [0.25, 0.3) is 0 Å². The summed E-state index contributed by atoms with van der Waals surface area (Å²) in [4.78, 5) is 22.5. The van der Waals surface area contributed by atoms with Crippen LogP contribution in [0, 0.1) is 11.8 Å². The van der Waals surface area contributed by atoms with Crippen LogP contribution < -0.4 is 10.5 Å². The molecule has 1 aliphatic carbocycles. The van der Waals surface area contributed by atoms with Gasteiger partial charge in [-0.15, -0.1) is 0 Å². The smallest absolute Gasteiger partial charge is 0.446 e. The van der Waals surface area contributed by atoms with E-state index >= 15 is 0 Å². The Morgan fingerprint density at radius 1 is 0.605 bits per heavy atom. The summed E-state index contributed by atoms with van der Waals surface area (Å²) >= 11 is 0. The van der Waals surface area contributed by atoms with E-state index in [1.165, 1.54) is 0 Å². The van der Waals surface area contributed by atoms with Gasteiger partial charge < -0.3 is 20.3 Å². The summed E-state index contributed by atoms with van der Waals surface area (Å²) in [5, 5.41) is 11.1. The van der Waals surface area contributed by atoms with Crippen LogP contribution >= 0.6 is 0 Å². The van der Waals surface area contributed by atoms with Gasteiger partial charge in [0.05, 0.1) is 11.6 Å². The fraction of sp³-hybridized carbons (Fsp3) is 0.0556. The summed E-state index contributed by atoms with van der Waals surface area (Å²) in [6.45, 7) is 0. The van der Waals surface area contributed by atoms with Crippen LogP contribution in [0.5, 0.6) is 0 Å². The van der Waals surface area contributed by atoms with E-state index in [9.17, 15) is 0 Å². The van der Waals surface area contributed by atoms with E-state index in [4.69, 9.17) is 0 Å². The Kier molecular flexibility index (Phi) is 8.48. The molecule has 1 aliphatic heterocycles. The number of amidine groups is 1. The molecule has 2 unspecified atom stereocenters. The van der Waals surface area contributed by atoms with Gasteiger partial charge >= 0.3 is 21.1 Å². The second-order valence-corrected chi connectivity index (χ2v) is 10.1. The van der Waals surface area contributed by atoms with Gasteiger partial charge in [-0.3, -0.25) is 9.97 Å². The fourth-order valence-corrected chi connectivity index (χ4v) is 5.16. The first-order valence-electron chi connectivity index (χ1n) is 13.9. The Bertz CT molecular complexity index is 2100. The van der Waals surface area contributed by atoms with Crippen molar-refractivity contribution in [1.29, 1.82) is 0 Å². The van der Waals surface area contributed by atoms with Crippen LogP contribution in [0.4, 0.5) is 11.6 Å². The number of rotatable bonds is 2.